The van der Waals surface area contributed by atoms with E-state index in [0.29, 0.717) is 16.3 Å². The van der Waals surface area contributed by atoms with Gasteiger partial charge in [0, 0.05) is 22.6 Å². The Balaban J connectivity index is 1.74. The van der Waals surface area contributed by atoms with E-state index in [0.717, 1.165) is 4.47 Å². The molecule has 2 N–H and O–H groups in total. The minimum absolute atomic E-state index is 0.183. The van der Waals surface area contributed by atoms with Crippen molar-refractivity contribution in [1.29, 1.82) is 0 Å². The van der Waals surface area contributed by atoms with Gasteiger partial charge in [-0.25, -0.2) is 4.98 Å². The molecule has 0 saturated carbocycles. The van der Waals surface area contributed by atoms with Crippen molar-refractivity contribution in [1.82, 2.24) is 9.97 Å². The molecule has 0 unspecified atom stereocenters. The maximum absolute atomic E-state index is 12.4. The lowest BCUT2D eigenvalue weighted by molar-refractivity contribution is 0.102. The Kier molecular flexibility index (Phi) is 4.97. The summed E-state index contributed by atoms with van der Waals surface area (Å²) in [6.45, 7) is 0. The van der Waals surface area contributed by atoms with Crippen LogP contribution in [0.25, 0.3) is 0 Å². The number of nitrogens with one attached hydrogen (secondary N) is 2. The summed E-state index contributed by atoms with van der Waals surface area (Å²) in [5, 5.41) is 7.22. The average Bonchev–Trinajstić information content (AvgIpc) is 3.06. The number of benzene rings is 1. The Morgan fingerprint density at radius 1 is 1.00 bits per heavy atom. The number of hydrogen-bond donors (Lipinski definition) is 2. The maximum atomic E-state index is 12.4. The number of amides is 2. The zero-order valence-corrected chi connectivity index (χ0v) is 14.6. The van der Waals surface area contributed by atoms with Crippen LogP contribution in [0.5, 0.6) is 0 Å². The Morgan fingerprint density at radius 2 is 1.79 bits per heavy atom. The molecular formula is C16H11BrN4O2S. The quantitative estimate of drug-likeness (QED) is 0.694. The van der Waals surface area contributed by atoms with Gasteiger partial charge in [0.2, 0.25) is 0 Å². The molecule has 2 heterocycles. The first kappa shape index (κ1) is 16.3. The molecule has 0 saturated heterocycles. The van der Waals surface area contributed by atoms with E-state index < -0.39 is 5.91 Å². The lowest BCUT2D eigenvalue weighted by atomic mass is 10.3. The number of halogens is 1. The summed E-state index contributed by atoms with van der Waals surface area (Å²) in [7, 11) is 0. The third kappa shape index (κ3) is 3.84. The standard InChI is InChI=1S/C16H11BrN4O2S/c17-10-1-3-11(4-2-10)20-16(23)14-12(5-8-24-14)21-15(22)13-9-18-6-7-19-13/h1-9H,(H,20,23)(H,21,22). The monoisotopic (exact) mass is 402 g/mol. The Labute approximate surface area is 150 Å². The van der Waals surface area contributed by atoms with Crippen LogP contribution in [-0.4, -0.2) is 21.8 Å². The molecular weight excluding hydrogens is 392 g/mol. The van der Waals surface area contributed by atoms with Gasteiger partial charge in [-0.05, 0) is 35.7 Å². The molecule has 1 aromatic carbocycles. The van der Waals surface area contributed by atoms with E-state index in [2.05, 4.69) is 36.5 Å². The number of carbonyl (C=O) groups is 2. The van der Waals surface area contributed by atoms with Crippen LogP contribution in [0.1, 0.15) is 20.2 Å². The Hall–Kier alpha value is -2.58. The smallest absolute Gasteiger partial charge is 0.275 e. The number of rotatable bonds is 4. The summed E-state index contributed by atoms with van der Waals surface area (Å²) in [5.74, 6) is -0.707. The molecule has 0 radical (unpaired) electrons. The third-order valence-electron chi connectivity index (χ3n) is 3.02. The molecule has 120 valence electrons. The van der Waals surface area contributed by atoms with Crippen molar-refractivity contribution in [2.75, 3.05) is 10.6 Å². The second-order valence-electron chi connectivity index (χ2n) is 4.67. The van der Waals surface area contributed by atoms with Crippen LogP contribution in [0.4, 0.5) is 11.4 Å². The van der Waals surface area contributed by atoms with Crippen LogP contribution in [0.3, 0.4) is 0 Å². The second kappa shape index (κ2) is 7.33. The van der Waals surface area contributed by atoms with E-state index in [1.807, 2.05) is 12.1 Å². The number of anilines is 2. The van der Waals surface area contributed by atoms with Crippen LogP contribution in [0.15, 0.2) is 58.8 Å². The number of thiophene rings is 1. The van der Waals surface area contributed by atoms with Crippen LogP contribution < -0.4 is 10.6 Å². The third-order valence-corrected chi connectivity index (χ3v) is 4.46. The molecule has 2 aromatic heterocycles. The van der Waals surface area contributed by atoms with Gasteiger partial charge in [-0.2, -0.15) is 0 Å². The van der Waals surface area contributed by atoms with Crippen LogP contribution >= 0.6 is 27.3 Å². The van der Waals surface area contributed by atoms with Crippen molar-refractivity contribution < 1.29 is 9.59 Å². The molecule has 24 heavy (non-hydrogen) atoms. The zero-order chi connectivity index (χ0) is 16.9. The topological polar surface area (TPSA) is 84.0 Å². The minimum Gasteiger partial charge on any atom is -0.321 e. The number of aromatic nitrogens is 2. The summed E-state index contributed by atoms with van der Waals surface area (Å²) in [6.07, 6.45) is 4.28. The first-order chi connectivity index (χ1) is 11.6. The highest BCUT2D eigenvalue weighted by Gasteiger charge is 2.16. The molecule has 0 fully saturated rings. The highest BCUT2D eigenvalue weighted by Crippen LogP contribution is 2.24. The van der Waals surface area contributed by atoms with Gasteiger partial charge in [-0.15, -0.1) is 11.3 Å². The van der Waals surface area contributed by atoms with E-state index in [1.165, 1.54) is 29.9 Å². The summed E-state index contributed by atoms with van der Waals surface area (Å²) in [5.41, 5.74) is 1.29. The van der Waals surface area contributed by atoms with Crippen molar-refractivity contribution in [2.24, 2.45) is 0 Å². The molecule has 0 spiro atoms. The van der Waals surface area contributed by atoms with E-state index >= 15 is 0 Å². The normalized spacial score (nSPS) is 10.2. The van der Waals surface area contributed by atoms with Crippen LogP contribution in [0.2, 0.25) is 0 Å². The van der Waals surface area contributed by atoms with Crippen molar-refractivity contribution in [3.63, 3.8) is 0 Å². The predicted molar refractivity (Wildman–Crippen MR) is 96.4 cm³/mol. The van der Waals surface area contributed by atoms with E-state index in [1.54, 1.807) is 23.6 Å². The van der Waals surface area contributed by atoms with Gasteiger partial charge in [0.25, 0.3) is 11.8 Å². The maximum Gasteiger partial charge on any atom is 0.275 e. The number of carbonyl (C=O) groups excluding carboxylic acids is 2. The van der Waals surface area contributed by atoms with Gasteiger partial charge in [-0.3, -0.25) is 14.6 Å². The number of hydrogen-bond acceptors (Lipinski definition) is 5. The molecule has 3 rings (SSSR count). The first-order valence-electron chi connectivity index (χ1n) is 6.85. The van der Waals surface area contributed by atoms with E-state index in [9.17, 15) is 9.59 Å². The highest BCUT2D eigenvalue weighted by atomic mass is 79.9. The van der Waals surface area contributed by atoms with Gasteiger partial charge < -0.3 is 10.6 Å². The zero-order valence-electron chi connectivity index (χ0n) is 12.2. The molecule has 6 nitrogen and oxygen atoms in total. The van der Waals surface area contributed by atoms with Crippen molar-refractivity contribution in [3.05, 3.63) is 69.3 Å². The highest BCUT2D eigenvalue weighted by molar-refractivity contribution is 9.10. The Bertz CT molecular complexity index is 865. The first-order valence-corrected chi connectivity index (χ1v) is 8.52. The number of nitrogens with zero attached hydrogens (tertiary/aromatic N) is 2. The van der Waals surface area contributed by atoms with E-state index in [4.69, 9.17) is 0 Å². The van der Waals surface area contributed by atoms with Crippen molar-refractivity contribution in [2.45, 2.75) is 0 Å². The summed E-state index contributed by atoms with van der Waals surface area (Å²) in [4.78, 5) is 32.7. The van der Waals surface area contributed by atoms with Gasteiger partial charge in [0.1, 0.15) is 10.6 Å². The lowest BCUT2D eigenvalue weighted by Gasteiger charge is -2.07. The summed E-state index contributed by atoms with van der Waals surface area (Å²) in [6, 6.07) is 8.91. The second-order valence-corrected chi connectivity index (χ2v) is 6.50. The molecule has 2 amide bonds. The average molecular weight is 403 g/mol. The molecule has 0 atom stereocenters. The van der Waals surface area contributed by atoms with Crippen molar-refractivity contribution >= 4 is 50.5 Å². The van der Waals surface area contributed by atoms with Gasteiger partial charge in [0.05, 0.1) is 11.9 Å². The lowest BCUT2D eigenvalue weighted by Crippen LogP contribution is -2.17. The molecule has 0 aliphatic rings. The van der Waals surface area contributed by atoms with Crippen LogP contribution in [-0.2, 0) is 0 Å². The Morgan fingerprint density at radius 3 is 2.50 bits per heavy atom. The fourth-order valence-corrected chi connectivity index (χ4v) is 2.92. The molecule has 3 aromatic rings. The summed E-state index contributed by atoms with van der Waals surface area (Å²) < 4.78 is 0.925. The van der Waals surface area contributed by atoms with Gasteiger partial charge in [0.15, 0.2) is 0 Å². The van der Waals surface area contributed by atoms with Gasteiger partial charge in [-0.1, -0.05) is 15.9 Å². The summed E-state index contributed by atoms with van der Waals surface area (Å²) >= 11 is 4.59. The predicted octanol–water partition coefficient (Wildman–Crippen LogP) is 3.81. The SMILES string of the molecule is O=C(Nc1ccsc1C(=O)Nc1ccc(Br)cc1)c1cnccn1. The fourth-order valence-electron chi connectivity index (χ4n) is 1.91. The van der Waals surface area contributed by atoms with Gasteiger partial charge >= 0.3 is 0 Å². The molecule has 0 aliphatic carbocycles. The molecule has 0 aliphatic heterocycles. The van der Waals surface area contributed by atoms with Crippen molar-refractivity contribution in [3.8, 4) is 0 Å². The largest absolute Gasteiger partial charge is 0.321 e. The fraction of sp³-hybridized carbons (Fsp3) is 0. The molecule has 0 bridgehead atoms. The van der Waals surface area contributed by atoms with Crippen LogP contribution in [0, 0.1) is 0 Å². The minimum atomic E-state index is -0.417. The molecule has 8 heteroatoms. The van der Waals surface area contributed by atoms with E-state index in [-0.39, 0.29) is 11.6 Å².